The fourth-order valence-electron chi connectivity index (χ4n) is 3.24. The van der Waals surface area contributed by atoms with Crippen molar-refractivity contribution in [3.8, 4) is 11.5 Å². The van der Waals surface area contributed by atoms with E-state index in [0.717, 1.165) is 31.7 Å². The van der Waals surface area contributed by atoms with Gasteiger partial charge in [0.25, 0.3) is 5.91 Å². The smallest absolute Gasteiger partial charge is 0.255 e. The van der Waals surface area contributed by atoms with Crippen molar-refractivity contribution in [1.82, 2.24) is 10.2 Å². The Kier molecular flexibility index (Phi) is 9.24. The predicted octanol–water partition coefficient (Wildman–Crippen LogP) is 2.67. The number of hydrogen-bond acceptors (Lipinski definition) is 6. The highest BCUT2D eigenvalue weighted by Crippen LogP contribution is 2.28. The van der Waals surface area contributed by atoms with E-state index in [1.54, 1.807) is 32.4 Å². The van der Waals surface area contributed by atoms with Crippen LogP contribution in [-0.4, -0.2) is 75.4 Å². The summed E-state index contributed by atoms with van der Waals surface area (Å²) in [5, 5.41) is 2.86. The molecule has 1 unspecified atom stereocenters. The molecule has 152 valence electrons. The van der Waals surface area contributed by atoms with E-state index >= 15 is 0 Å². The molecule has 1 amide bonds. The molecule has 2 rings (SSSR count). The molecular formula is C20H32N2O4S. The lowest BCUT2D eigenvalue weighted by molar-refractivity contribution is 0.0818. The van der Waals surface area contributed by atoms with Gasteiger partial charge in [-0.3, -0.25) is 9.69 Å². The third kappa shape index (κ3) is 6.59. The molecule has 1 saturated heterocycles. The van der Waals surface area contributed by atoms with Crippen molar-refractivity contribution >= 4 is 17.7 Å². The van der Waals surface area contributed by atoms with Crippen LogP contribution in [0.25, 0.3) is 0 Å². The number of piperidine rings is 1. The minimum Gasteiger partial charge on any atom is -0.497 e. The Balaban J connectivity index is 2.01. The summed E-state index contributed by atoms with van der Waals surface area (Å²) in [7, 11) is 3.23. The highest BCUT2D eigenvalue weighted by Gasteiger charge is 2.25. The van der Waals surface area contributed by atoms with E-state index in [4.69, 9.17) is 14.2 Å². The molecule has 27 heavy (non-hydrogen) atoms. The molecule has 0 bridgehead atoms. The van der Waals surface area contributed by atoms with Crippen LogP contribution in [0.5, 0.6) is 11.5 Å². The lowest BCUT2D eigenvalue weighted by Crippen LogP contribution is -2.44. The van der Waals surface area contributed by atoms with Gasteiger partial charge >= 0.3 is 0 Å². The third-order valence-corrected chi connectivity index (χ3v) is 5.64. The summed E-state index contributed by atoms with van der Waals surface area (Å²) in [5.41, 5.74) is 0.532. The molecule has 1 aromatic rings. The predicted molar refractivity (Wildman–Crippen MR) is 110 cm³/mol. The van der Waals surface area contributed by atoms with E-state index in [-0.39, 0.29) is 12.0 Å². The zero-order valence-electron chi connectivity index (χ0n) is 16.8. The van der Waals surface area contributed by atoms with Crippen molar-refractivity contribution in [3.63, 3.8) is 0 Å². The fraction of sp³-hybridized carbons (Fsp3) is 0.650. The van der Waals surface area contributed by atoms with Gasteiger partial charge in [0.2, 0.25) is 0 Å². The minimum absolute atomic E-state index is 0.111. The highest BCUT2D eigenvalue weighted by atomic mass is 32.2. The van der Waals surface area contributed by atoms with Gasteiger partial charge in [-0.2, -0.15) is 11.8 Å². The molecule has 0 aromatic heterocycles. The molecule has 0 aliphatic carbocycles. The molecule has 1 aliphatic rings. The molecule has 1 aliphatic heterocycles. The second kappa shape index (κ2) is 11.4. The molecule has 7 heteroatoms. The third-order valence-electron chi connectivity index (χ3n) is 4.83. The zero-order valence-corrected chi connectivity index (χ0v) is 17.6. The topological polar surface area (TPSA) is 60.0 Å². The van der Waals surface area contributed by atoms with E-state index in [2.05, 4.69) is 23.4 Å². The van der Waals surface area contributed by atoms with Gasteiger partial charge in [-0.15, -0.1) is 0 Å². The minimum atomic E-state index is -0.157. The van der Waals surface area contributed by atoms with Gasteiger partial charge in [-0.25, -0.2) is 0 Å². The van der Waals surface area contributed by atoms with E-state index in [9.17, 15) is 4.79 Å². The number of likely N-dealkylation sites (tertiary alicyclic amines) is 1. The number of carbonyl (C=O) groups is 1. The average molecular weight is 397 g/mol. The maximum Gasteiger partial charge on any atom is 0.255 e. The van der Waals surface area contributed by atoms with Crippen LogP contribution in [0.3, 0.4) is 0 Å². The Bertz CT molecular complexity index is 591. The average Bonchev–Trinajstić information content (AvgIpc) is 2.68. The van der Waals surface area contributed by atoms with Crippen molar-refractivity contribution in [1.29, 1.82) is 0 Å². The maximum absolute atomic E-state index is 12.5. The van der Waals surface area contributed by atoms with Crippen molar-refractivity contribution in [3.05, 3.63) is 23.8 Å². The van der Waals surface area contributed by atoms with Crippen LogP contribution in [0.2, 0.25) is 0 Å². The molecule has 0 saturated carbocycles. The first-order valence-corrected chi connectivity index (χ1v) is 10.8. The van der Waals surface area contributed by atoms with Crippen molar-refractivity contribution in [2.75, 3.05) is 52.5 Å². The summed E-state index contributed by atoms with van der Waals surface area (Å²) >= 11 is 1.88. The number of hydrogen-bond donors (Lipinski definition) is 1. The van der Waals surface area contributed by atoms with Crippen molar-refractivity contribution in [2.45, 2.75) is 31.9 Å². The number of thioether (sulfide) groups is 1. The van der Waals surface area contributed by atoms with Crippen molar-refractivity contribution < 1.29 is 19.0 Å². The standard InChI is InChI=1S/C20H32N2O4S/c1-15(14-27-4)22-10-7-16(8-11-22)26-19-13-17(25-3)5-6-18(19)20(23)21-9-12-24-2/h5-6,13,15-16H,7-12,14H2,1-4H3,(H,21,23). The Morgan fingerprint density at radius 1 is 1.33 bits per heavy atom. The molecular weight excluding hydrogens is 364 g/mol. The van der Waals surface area contributed by atoms with Gasteiger partial charge in [0.05, 0.1) is 19.3 Å². The number of benzene rings is 1. The molecule has 0 spiro atoms. The number of amides is 1. The van der Waals surface area contributed by atoms with Crippen LogP contribution >= 0.6 is 11.8 Å². The lowest BCUT2D eigenvalue weighted by atomic mass is 10.1. The van der Waals surface area contributed by atoms with Crippen LogP contribution in [0.4, 0.5) is 0 Å². The molecule has 0 radical (unpaired) electrons. The molecule has 1 N–H and O–H groups in total. The van der Waals surface area contributed by atoms with Gasteiger partial charge in [-0.1, -0.05) is 0 Å². The van der Waals surface area contributed by atoms with Gasteiger partial charge in [0.15, 0.2) is 0 Å². The fourth-order valence-corrected chi connectivity index (χ4v) is 3.93. The quantitative estimate of drug-likeness (QED) is 0.614. The van der Waals surface area contributed by atoms with Gasteiger partial charge in [0.1, 0.15) is 17.6 Å². The first kappa shape index (κ1) is 21.9. The van der Waals surface area contributed by atoms with Crippen LogP contribution < -0.4 is 14.8 Å². The molecule has 1 fully saturated rings. The van der Waals surface area contributed by atoms with E-state index in [0.29, 0.717) is 36.3 Å². The molecule has 1 atom stereocenters. The van der Waals surface area contributed by atoms with Crippen LogP contribution in [0, 0.1) is 0 Å². The lowest BCUT2D eigenvalue weighted by Gasteiger charge is -2.36. The van der Waals surface area contributed by atoms with Crippen molar-refractivity contribution in [2.24, 2.45) is 0 Å². The summed E-state index contributed by atoms with van der Waals surface area (Å²) < 4.78 is 16.5. The van der Waals surface area contributed by atoms with Crippen LogP contribution in [0.15, 0.2) is 18.2 Å². The number of rotatable bonds is 10. The second-order valence-electron chi connectivity index (χ2n) is 6.77. The Hall–Kier alpha value is -1.44. The summed E-state index contributed by atoms with van der Waals surface area (Å²) in [4.78, 5) is 15.0. The van der Waals surface area contributed by atoms with Gasteiger partial charge in [0, 0.05) is 44.6 Å². The molecule has 1 aromatic carbocycles. The Labute approximate surface area is 166 Å². The van der Waals surface area contributed by atoms with E-state index < -0.39 is 0 Å². The van der Waals surface area contributed by atoms with Crippen LogP contribution in [-0.2, 0) is 4.74 Å². The second-order valence-corrected chi connectivity index (χ2v) is 7.68. The number of carbonyl (C=O) groups excluding carboxylic acids is 1. The molecule has 6 nitrogen and oxygen atoms in total. The maximum atomic E-state index is 12.5. The summed E-state index contributed by atoms with van der Waals surface area (Å²) in [6.07, 6.45) is 4.18. The summed E-state index contributed by atoms with van der Waals surface area (Å²) in [6.45, 7) is 5.26. The Morgan fingerprint density at radius 3 is 2.70 bits per heavy atom. The summed E-state index contributed by atoms with van der Waals surface area (Å²) in [5.74, 6) is 2.26. The highest BCUT2D eigenvalue weighted by molar-refractivity contribution is 7.98. The number of nitrogens with zero attached hydrogens (tertiary/aromatic N) is 1. The van der Waals surface area contributed by atoms with E-state index in [1.807, 2.05) is 11.8 Å². The normalized spacial score (nSPS) is 16.7. The Morgan fingerprint density at radius 2 is 2.07 bits per heavy atom. The zero-order chi connectivity index (χ0) is 19.6. The van der Waals surface area contributed by atoms with Gasteiger partial charge in [-0.05, 0) is 38.2 Å². The largest absolute Gasteiger partial charge is 0.497 e. The monoisotopic (exact) mass is 396 g/mol. The first-order chi connectivity index (χ1) is 13.1. The van der Waals surface area contributed by atoms with Gasteiger partial charge < -0.3 is 19.5 Å². The number of ether oxygens (including phenoxy) is 3. The van der Waals surface area contributed by atoms with E-state index in [1.165, 1.54) is 0 Å². The summed E-state index contributed by atoms with van der Waals surface area (Å²) in [6, 6.07) is 5.92. The van der Waals surface area contributed by atoms with Crippen LogP contribution in [0.1, 0.15) is 30.1 Å². The number of methoxy groups -OCH3 is 2. The first-order valence-electron chi connectivity index (χ1n) is 9.43. The number of nitrogens with one attached hydrogen (secondary N) is 1. The molecule has 1 heterocycles. The SMILES string of the molecule is COCCNC(=O)c1ccc(OC)cc1OC1CCN(C(C)CSC)CC1.